The first kappa shape index (κ1) is 27.3. The van der Waals surface area contributed by atoms with Gasteiger partial charge in [-0.25, -0.2) is 0 Å². The number of ether oxygens (including phenoxy) is 1. The van der Waals surface area contributed by atoms with E-state index < -0.39 is 56.3 Å². The average molecular weight is 387 g/mol. The van der Waals surface area contributed by atoms with Gasteiger partial charge in [-0.15, -0.1) is 0 Å². The third kappa shape index (κ3) is 7.01. The molecule has 0 unspecified atom stereocenters. The predicted molar refractivity (Wildman–Crippen MR) is 63.7 cm³/mol. The standard InChI is InChI=1S/C10H18NO10P.2Na/c1-4(12)10(16)9(11-5(2)13)8(15)7(14)6(21-10)3-20-22(17,18)19;;/h6-9,14-16H,3H2,1-2H3,(H,11,13)(H2,17,18,19);;/q;2*+1/p-2/t6-,7-,8+,9-,10+;;/m1../s1. The maximum absolute atomic E-state index is 11.6. The monoisotopic (exact) mass is 387 g/mol. The minimum atomic E-state index is -5.39. The van der Waals surface area contributed by atoms with Crippen LogP contribution in [0.5, 0.6) is 0 Å². The molecule has 1 saturated heterocycles. The molecule has 0 aromatic heterocycles. The summed E-state index contributed by atoms with van der Waals surface area (Å²) in [7, 11) is -5.39. The molecule has 0 aliphatic carbocycles. The number of Topliss-reactive ketones (excluding diaryl/α,β-unsaturated/α-hetero) is 1. The number of hydrogen-bond donors (Lipinski definition) is 4. The molecule has 24 heavy (non-hydrogen) atoms. The summed E-state index contributed by atoms with van der Waals surface area (Å²) in [4.78, 5) is 43.5. The number of aliphatic hydroxyl groups is 3. The van der Waals surface area contributed by atoms with E-state index in [-0.39, 0.29) is 59.1 Å². The van der Waals surface area contributed by atoms with E-state index in [1.54, 1.807) is 0 Å². The van der Waals surface area contributed by atoms with Gasteiger partial charge in [0.15, 0.2) is 5.78 Å². The molecule has 0 spiro atoms. The Kier molecular flexibility index (Phi) is 11.9. The van der Waals surface area contributed by atoms with Crippen molar-refractivity contribution in [3.63, 3.8) is 0 Å². The van der Waals surface area contributed by atoms with Crippen LogP contribution in [0, 0.1) is 0 Å². The van der Waals surface area contributed by atoms with Crippen LogP contribution in [0.15, 0.2) is 0 Å². The van der Waals surface area contributed by atoms with Crippen LogP contribution in [0.4, 0.5) is 0 Å². The van der Waals surface area contributed by atoms with Gasteiger partial charge in [-0.3, -0.25) is 9.59 Å². The number of carbonyl (C=O) groups is 2. The van der Waals surface area contributed by atoms with E-state index in [4.69, 9.17) is 4.74 Å². The number of ketones is 1. The second-order valence-electron chi connectivity index (χ2n) is 4.81. The van der Waals surface area contributed by atoms with Crippen molar-refractivity contribution < 1.29 is 108 Å². The Morgan fingerprint density at radius 2 is 1.75 bits per heavy atom. The number of phosphoric acid groups is 1. The van der Waals surface area contributed by atoms with Gasteiger partial charge >= 0.3 is 59.1 Å². The quantitative estimate of drug-likeness (QED) is 0.260. The molecular weight excluding hydrogens is 371 g/mol. The van der Waals surface area contributed by atoms with Gasteiger partial charge in [-0.1, -0.05) is 0 Å². The normalized spacial score (nSPS) is 33.0. The molecule has 11 nitrogen and oxygen atoms in total. The Labute approximate surface area is 181 Å². The molecule has 14 heteroatoms. The summed E-state index contributed by atoms with van der Waals surface area (Å²) >= 11 is 0. The molecular formula is C10H16NNa2O10P. The van der Waals surface area contributed by atoms with Crippen molar-refractivity contribution in [1.29, 1.82) is 0 Å². The van der Waals surface area contributed by atoms with Crippen LogP contribution in [0.25, 0.3) is 0 Å². The molecule has 0 saturated carbocycles. The minimum Gasteiger partial charge on any atom is -0.790 e. The van der Waals surface area contributed by atoms with Gasteiger partial charge in [0, 0.05) is 13.8 Å². The van der Waals surface area contributed by atoms with Crippen molar-refractivity contribution in [3.8, 4) is 0 Å². The summed E-state index contributed by atoms with van der Waals surface area (Å²) in [6.07, 6.45) is -5.40. The number of carbonyl (C=O) groups excluding carboxylic acids is 2. The van der Waals surface area contributed by atoms with Crippen LogP contribution in [0.3, 0.4) is 0 Å². The predicted octanol–water partition coefficient (Wildman–Crippen LogP) is -10.3. The summed E-state index contributed by atoms with van der Waals surface area (Å²) in [5, 5.41) is 32.0. The molecule has 0 radical (unpaired) electrons. The van der Waals surface area contributed by atoms with Crippen molar-refractivity contribution in [2.45, 2.75) is 44.0 Å². The van der Waals surface area contributed by atoms with Crippen molar-refractivity contribution >= 4 is 19.5 Å². The fourth-order valence-electron chi connectivity index (χ4n) is 2.02. The summed E-state index contributed by atoms with van der Waals surface area (Å²) in [6.45, 7) is 0.911. The Hall–Kier alpha value is 1.09. The van der Waals surface area contributed by atoms with Gasteiger partial charge in [-0.05, 0) is 0 Å². The van der Waals surface area contributed by atoms with Crippen LogP contribution >= 0.6 is 7.82 Å². The molecule has 0 aromatic carbocycles. The number of phosphoric ester groups is 1. The van der Waals surface area contributed by atoms with Gasteiger partial charge in [0.25, 0.3) is 0 Å². The van der Waals surface area contributed by atoms with Gasteiger partial charge in [0.2, 0.25) is 11.7 Å². The maximum Gasteiger partial charge on any atom is 1.00 e. The maximum atomic E-state index is 11.6. The van der Waals surface area contributed by atoms with E-state index in [1.165, 1.54) is 0 Å². The molecule has 5 atom stereocenters. The molecule has 1 aliphatic heterocycles. The second-order valence-corrected chi connectivity index (χ2v) is 5.96. The molecule has 0 aromatic rings. The molecule has 4 N–H and O–H groups in total. The molecule has 128 valence electrons. The van der Waals surface area contributed by atoms with E-state index in [1.807, 2.05) is 0 Å². The summed E-state index contributed by atoms with van der Waals surface area (Å²) < 4.78 is 19.2. The van der Waals surface area contributed by atoms with Gasteiger partial charge in [0.1, 0.15) is 24.4 Å². The van der Waals surface area contributed by atoms with Crippen molar-refractivity contribution in [1.82, 2.24) is 5.32 Å². The Morgan fingerprint density at radius 3 is 2.12 bits per heavy atom. The van der Waals surface area contributed by atoms with E-state index in [9.17, 15) is 39.3 Å². The Morgan fingerprint density at radius 1 is 1.25 bits per heavy atom. The zero-order valence-electron chi connectivity index (χ0n) is 13.7. The number of rotatable bonds is 5. The Balaban J connectivity index is 0. The van der Waals surface area contributed by atoms with E-state index in [2.05, 4.69) is 9.84 Å². The Bertz CT molecular complexity index is 502. The zero-order chi connectivity index (χ0) is 17.3. The third-order valence-electron chi connectivity index (χ3n) is 3.09. The molecule has 1 aliphatic rings. The fourth-order valence-corrected chi connectivity index (χ4v) is 2.35. The van der Waals surface area contributed by atoms with Gasteiger partial charge in [-0.2, -0.15) is 0 Å². The molecule has 1 rings (SSSR count). The third-order valence-corrected chi connectivity index (χ3v) is 3.55. The topological polar surface area (TPSA) is 189 Å². The first-order chi connectivity index (χ1) is 9.88. The summed E-state index contributed by atoms with van der Waals surface area (Å²) in [6, 6.07) is -1.69. The largest absolute Gasteiger partial charge is 1.00 e. The summed E-state index contributed by atoms with van der Waals surface area (Å²) in [5.41, 5.74) is 0. The number of hydrogen-bond acceptors (Lipinski definition) is 10. The van der Waals surface area contributed by atoms with E-state index >= 15 is 0 Å². The molecule has 1 heterocycles. The van der Waals surface area contributed by atoms with Crippen LogP contribution in [0.2, 0.25) is 0 Å². The second kappa shape index (κ2) is 10.4. The van der Waals surface area contributed by atoms with Crippen LogP contribution in [0.1, 0.15) is 13.8 Å². The van der Waals surface area contributed by atoms with Crippen molar-refractivity contribution in [3.05, 3.63) is 0 Å². The van der Waals surface area contributed by atoms with Crippen LogP contribution in [-0.2, 0) is 23.4 Å². The van der Waals surface area contributed by atoms with E-state index in [0.717, 1.165) is 13.8 Å². The zero-order valence-corrected chi connectivity index (χ0v) is 18.6. The number of nitrogens with one attached hydrogen (secondary N) is 1. The number of amides is 1. The average Bonchev–Trinajstić information content (AvgIpc) is 2.36. The van der Waals surface area contributed by atoms with Crippen molar-refractivity contribution in [2.75, 3.05) is 6.61 Å². The molecule has 0 bridgehead atoms. The first-order valence-electron chi connectivity index (χ1n) is 6.09. The first-order valence-corrected chi connectivity index (χ1v) is 7.55. The van der Waals surface area contributed by atoms with Crippen LogP contribution in [-0.4, -0.2) is 63.8 Å². The SMILES string of the molecule is CC(=O)N[C@@H]1[C@@H](O)[C@H](O)[C@@H](COP(=O)([O-])[O-])O[C@@]1(O)C(C)=O.[Na+].[Na+]. The van der Waals surface area contributed by atoms with Crippen LogP contribution < -0.4 is 74.2 Å². The fraction of sp³-hybridized carbons (Fsp3) is 0.800. The minimum absolute atomic E-state index is 0. The summed E-state index contributed by atoms with van der Waals surface area (Å²) in [5.74, 6) is -4.47. The van der Waals surface area contributed by atoms with E-state index in [0.29, 0.717) is 0 Å². The smallest absolute Gasteiger partial charge is 0.790 e. The number of aliphatic hydroxyl groups excluding tert-OH is 2. The molecule has 1 amide bonds. The van der Waals surface area contributed by atoms with Crippen molar-refractivity contribution in [2.24, 2.45) is 0 Å². The van der Waals surface area contributed by atoms with Gasteiger partial charge < -0.3 is 44.2 Å². The molecule has 1 fully saturated rings. The van der Waals surface area contributed by atoms with Gasteiger partial charge in [0.05, 0.1) is 14.4 Å².